The summed E-state index contributed by atoms with van der Waals surface area (Å²) in [5.74, 6) is 0.543. The highest BCUT2D eigenvalue weighted by Crippen LogP contribution is 2.27. The van der Waals surface area contributed by atoms with Crippen LogP contribution in [0.3, 0.4) is 0 Å². The zero-order chi connectivity index (χ0) is 18.7. The molecule has 0 saturated carbocycles. The van der Waals surface area contributed by atoms with E-state index in [2.05, 4.69) is 20.9 Å². The summed E-state index contributed by atoms with van der Waals surface area (Å²) in [5, 5.41) is 9.32. The Balaban J connectivity index is 1.95. The molecule has 1 N–H and O–H groups in total. The fourth-order valence-corrected chi connectivity index (χ4v) is 4.23. The molecule has 26 heavy (non-hydrogen) atoms. The molecule has 0 atom stereocenters. The molecule has 6 nitrogen and oxygen atoms in total. The fourth-order valence-electron chi connectivity index (χ4n) is 2.51. The first-order valence-electron chi connectivity index (χ1n) is 7.83. The summed E-state index contributed by atoms with van der Waals surface area (Å²) in [6, 6.07) is 13.3. The van der Waals surface area contributed by atoms with Gasteiger partial charge in [0.15, 0.2) is 5.89 Å². The number of anilines is 1. The molecule has 0 bridgehead atoms. The van der Waals surface area contributed by atoms with Gasteiger partial charge in [0.05, 0.1) is 23.7 Å². The van der Waals surface area contributed by atoms with Crippen LogP contribution in [0.15, 0.2) is 68.6 Å². The van der Waals surface area contributed by atoms with E-state index in [9.17, 15) is 13.5 Å². The smallest absolute Gasteiger partial charge is 0.264 e. The Labute approximate surface area is 160 Å². The molecule has 3 rings (SSSR count). The van der Waals surface area contributed by atoms with Gasteiger partial charge in [-0.3, -0.25) is 4.31 Å². The molecule has 136 valence electrons. The van der Waals surface area contributed by atoms with Crippen molar-refractivity contribution in [2.45, 2.75) is 11.8 Å². The number of aromatic nitrogens is 1. The lowest BCUT2D eigenvalue weighted by molar-refractivity contribution is 0.306. The maximum atomic E-state index is 13.0. The predicted octanol–water partition coefficient (Wildman–Crippen LogP) is 3.60. The third-order valence-corrected chi connectivity index (χ3v) is 6.15. The first kappa shape index (κ1) is 18.6. The second-order valence-electron chi connectivity index (χ2n) is 5.55. The van der Waals surface area contributed by atoms with Crippen LogP contribution >= 0.6 is 15.9 Å². The van der Waals surface area contributed by atoms with Crippen LogP contribution in [0.4, 0.5) is 5.69 Å². The average Bonchev–Trinajstić information content (AvgIpc) is 3.07. The van der Waals surface area contributed by atoms with E-state index in [0.717, 1.165) is 10.0 Å². The van der Waals surface area contributed by atoms with Crippen molar-refractivity contribution < 1.29 is 17.9 Å². The van der Waals surface area contributed by atoms with Crippen molar-refractivity contribution in [2.75, 3.05) is 17.5 Å². The zero-order valence-corrected chi connectivity index (χ0v) is 16.4. The van der Waals surface area contributed by atoms with Crippen LogP contribution in [0.5, 0.6) is 0 Å². The minimum Gasteiger partial charge on any atom is -0.449 e. The summed E-state index contributed by atoms with van der Waals surface area (Å²) >= 11 is 3.33. The molecule has 8 heteroatoms. The number of aliphatic hydroxyl groups is 1. The molecule has 3 aromatic rings. The maximum Gasteiger partial charge on any atom is 0.264 e. The summed E-state index contributed by atoms with van der Waals surface area (Å²) in [7, 11) is -3.81. The van der Waals surface area contributed by atoms with Gasteiger partial charge in [-0.2, -0.15) is 0 Å². The number of hydrogen-bond acceptors (Lipinski definition) is 5. The van der Waals surface area contributed by atoms with E-state index in [4.69, 9.17) is 4.42 Å². The summed E-state index contributed by atoms with van der Waals surface area (Å²) in [4.78, 5) is 4.37. The summed E-state index contributed by atoms with van der Waals surface area (Å²) < 4.78 is 33.3. The second-order valence-corrected chi connectivity index (χ2v) is 8.33. The van der Waals surface area contributed by atoms with Crippen molar-refractivity contribution in [2.24, 2.45) is 0 Å². The van der Waals surface area contributed by atoms with Crippen molar-refractivity contribution in [3.8, 4) is 11.3 Å². The monoisotopic (exact) mass is 436 g/mol. The number of aryl methyl sites for hydroxylation is 1. The van der Waals surface area contributed by atoms with Crippen LogP contribution in [-0.4, -0.2) is 31.7 Å². The van der Waals surface area contributed by atoms with Crippen LogP contribution in [0, 0.1) is 6.92 Å². The van der Waals surface area contributed by atoms with Gasteiger partial charge in [-0.1, -0.05) is 28.1 Å². The first-order chi connectivity index (χ1) is 12.4. The minimum atomic E-state index is -3.81. The average molecular weight is 437 g/mol. The number of oxazole rings is 1. The van der Waals surface area contributed by atoms with Crippen LogP contribution in [0.25, 0.3) is 11.3 Å². The Bertz CT molecular complexity index is 983. The van der Waals surface area contributed by atoms with Crippen LogP contribution in [0.1, 0.15) is 5.89 Å². The molecule has 0 aliphatic rings. The van der Waals surface area contributed by atoms with Crippen LogP contribution < -0.4 is 4.31 Å². The minimum absolute atomic E-state index is 0.0335. The van der Waals surface area contributed by atoms with Gasteiger partial charge in [0.1, 0.15) is 12.0 Å². The van der Waals surface area contributed by atoms with Gasteiger partial charge in [-0.05, 0) is 36.4 Å². The first-order valence-corrected chi connectivity index (χ1v) is 10.1. The highest BCUT2D eigenvalue weighted by Gasteiger charge is 2.24. The van der Waals surface area contributed by atoms with Crippen molar-refractivity contribution >= 4 is 31.6 Å². The quantitative estimate of drug-likeness (QED) is 0.637. The predicted molar refractivity (Wildman–Crippen MR) is 102 cm³/mol. The molecule has 0 amide bonds. The van der Waals surface area contributed by atoms with E-state index < -0.39 is 10.0 Å². The lowest BCUT2D eigenvalue weighted by atomic mass is 10.2. The van der Waals surface area contributed by atoms with Gasteiger partial charge in [0, 0.05) is 17.0 Å². The van der Waals surface area contributed by atoms with Crippen LogP contribution in [-0.2, 0) is 10.0 Å². The molecule has 0 unspecified atom stereocenters. The number of aliphatic hydroxyl groups excluding tert-OH is 1. The molecule has 0 saturated heterocycles. The Hall–Kier alpha value is -2.16. The highest BCUT2D eigenvalue weighted by molar-refractivity contribution is 9.10. The Kier molecular flexibility index (Phi) is 5.45. The number of benzene rings is 2. The number of sulfonamides is 1. The van der Waals surface area contributed by atoms with E-state index in [1.807, 2.05) is 0 Å². The number of halogens is 1. The highest BCUT2D eigenvalue weighted by atomic mass is 79.9. The van der Waals surface area contributed by atoms with E-state index in [-0.39, 0.29) is 18.0 Å². The molecule has 0 aliphatic heterocycles. The summed E-state index contributed by atoms with van der Waals surface area (Å²) in [5.41, 5.74) is 1.89. The Morgan fingerprint density at radius 3 is 2.31 bits per heavy atom. The van der Waals surface area contributed by atoms with E-state index >= 15 is 0 Å². The molecule has 0 aliphatic carbocycles. The maximum absolute atomic E-state index is 13.0. The van der Waals surface area contributed by atoms with Gasteiger partial charge >= 0.3 is 0 Å². The van der Waals surface area contributed by atoms with Crippen molar-refractivity contribution in [1.29, 1.82) is 0 Å². The van der Waals surface area contributed by atoms with Gasteiger partial charge in [0.25, 0.3) is 10.0 Å². The molecular weight excluding hydrogens is 420 g/mol. The normalized spacial score (nSPS) is 11.5. The van der Waals surface area contributed by atoms with Gasteiger partial charge in [-0.25, -0.2) is 13.4 Å². The van der Waals surface area contributed by atoms with E-state index in [1.165, 1.54) is 22.7 Å². The second kappa shape index (κ2) is 7.61. The molecule has 2 aromatic carbocycles. The van der Waals surface area contributed by atoms with Crippen LogP contribution in [0.2, 0.25) is 0 Å². The number of rotatable bonds is 6. The summed E-state index contributed by atoms with van der Waals surface area (Å²) in [6.45, 7) is 1.42. The topological polar surface area (TPSA) is 83.6 Å². The van der Waals surface area contributed by atoms with Gasteiger partial charge in [-0.15, -0.1) is 0 Å². The molecule has 0 spiro atoms. The molecule has 1 heterocycles. The molecule has 1 aromatic heterocycles. The van der Waals surface area contributed by atoms with Crippen molar-refractivity contribution in [3.05, 3.63) is 65.2 Å². The van der Waals surface area contributed by atoms with Crippen molar-refractivity contribution in [1.82, 2.24) is 4.98 Å². The molecule has 0 fully saturated rings. The SMILES string of the molecule is Cc1nc(-c2ccc(S(=O)(=O)N(CCO)c3ccc(Br)cc3)cc2)co1. The van der Waals surface area contributed by atoms with Crippen molar-refractivity contribution in [3.63, 3.8) is 0 Å². The number of nitrogens with zero attached hydrogens (tertiary/aromatic N) is 2. The standard InChI is InChI=1S/C18H17BrN2O4S/c1-13-20-18(12-25-13)14-2-8-17(9-3-14)26(23,24)21(10-11-22)16-6-4-15(19)5-7-16/h2-9,12,22H,10-11H2,1H3. The van der Waals surface area contributed by atoms with Gasteiger partial charge < -0.3 is 9.52 Å². The fraction of sp³-hybridized carbons (Fsp3) is 0.167. The lowest BCUT2D eigenvalue weighted by Gasteiger charge is -2.23. The van der Waals surface area contributed by atoms with Gasteiger partial charge in [0.2, 0.25) is 0 Å². The molecule has 0 radical (unpaired) electrons. The Morgan fingerprint density at radius 2 is 1.77 bits per heavy atom. The lowest BCUT2D eigenvalue weighted by Crippen LogP contribution is -2.33. The van der Waals surface area contributed by atoms with E-state index in [1.54, 1.807) is 43.3 Å². The number of hydrogen-bond donors (Lipinski definition) is 1. The summed E-state index contributed by atoms with van der Waals surface area (Å²) in [6.07, 6.45) is 1.53. The zero-order valence-electron chi connectivity index (χ0n) is 14.0. The molecular formula is C18H17BrN2O4S. The largest absolute Gasteiger partial charge is 0.449 e. The van der Waals surface area contributed by atoms with E-state index in [0.29, 0.717) is 17.3 Å². The Morgan fingerprint density at radius 1 is 1.12 bits per heavy atom. The third-order valence-electron chi connectivity index (χ3n) is 3.77. The third kappa shape index (κ3) is 3.82.